The zero-order chi connectivity index (χ0) is 33.2. The van der Waals surface area contributed by atoms with Crippen LogP contribution < -0.4 is 9.21 Å². The van der Waals surface area contributed by atoms with Gasteiger partial charge in [-0.2, -0.15) is 0 Å². The second-order valence-corrected chi connectivity index (χ2v) is 15.1. The highest BCUT2D eigenvalue weighted by molar-refractivity contribution is 9.10. The summed E-state index contributed by atoms with van der Waals surface area (Å²) in [7, 11) is -1.76. The minimum Gasteiger partial charge on any atom is -0.477 e. The smallest absolute Gasteiger partial charge is 0.346 e. The zero-order valence-corrected chi connectivity index (χ0v) is 29.2. The summed E-state index contributed by atoms with van der Waals surface area (Å²) in [5.74, 6) is -1.02. The van der Waals surface area contributed by atoms with Gasteiger partial charge in [-0.25, -0.2) is 9.00 Å². The zero-order valence-electron chi connectivity index (χ0n) is 25.1. The molecule has 1 amide bonds. The first kappa shape index (κ1) is 32.8. The predicted molar refractivity (Wildman–Crippen MR) is 191 cm³/mol. The molecule has 0 spiro atoms. The summed E-state index contributed by atoms with van der Waals surface area (Å²) in [5, 5.41) is 24.0. The number of fused-ring (bicyclic) bond motifs is 1. The van der Waals surface area contributed by atoms with E-state index < -0.39 is 21.9 Å². The molecule has 0 saturated carbocycles. The highest BCUT2D eigenvalue weighted by atomic mass is 79.9. The Morgan fingerprint density at radius 1 is 1.02 bits per heavy atom. The molecule has 1 aliphatic rings. The molecule has 6 rings (SSSR count). The number of carbonyl (C=O) groups excluding carboxylic acids is 1. The Morgan fingerprint density at radius 2 is 1.74 bits per heavy atom. The van der Waals surface area contributed by atoms with Crippen molar-refractivity contribution in [3.63, 3.8) is 0 Å². The number of hydrogen-bond donors (Lipinski definition) is 1. The molecule has 10 nitrogen and oxygen atoms in total. The quantitative estimate of drug-likeness (QED) is 0.117. The number of rotatable bonds is 10. The molecule has 14 heteroatoms. The van der Waals surface area contributed by atoms with Crippen LogP contribution in [0.4, 0.5) is 17.1 Å². The number of nitrogens with zero attached hydrogens (tertiary/aromatic N) is 4. The van der Waals surface area contributed by atoms with E-state index in [2.05, 4.69) is 20.8 Å². The van der Waals surface area contributed by atoms with Gasteiger partial charge in [0.05, 0.1) is 21.2 Å². The molecule has 1 aliphatic heterocycles. The summed E-state index contributed by atoms with van der Waals surface area (Å²) in [6, 6.07) is 21.4. The number of nitro groups is 1. The largest absolute Gasteiger partial charge is 0.477 e. The molecule has 1 atom stereocenters. The van der Waals surface area contributed by atoms with Gasteiger partial charge in [0.2, 0.25) is 0 Å². The molecule has 1 N–H and O–H groups in total. The van der Waals surface area contributed by atoms with Gasteiger partial charge in [-0.15, -0.1) is 22.7 Å². The Labute approximate surface area is 289 Å². The first-order valence-electron chi connectivity index (χ1n) is 14.7. The average molecular weight is 754 g/mol. The van der Waals surface area contributed by atoms with Crippen molar-refractivity contribution in [2.45, 2.75) is 18.2 Å². The number of carboxylic acids is 1. The lowest BCUT2D eigenvalue weighted by Crippen LogP contribution is -2.49. The molecule has 47 heavy (non-hydrogen) atoms. The number of aromatic carboxylic acids is 1. The molecule has 242 valence electrons. The fourth-order valence-electron chi connectivity index (χ4n) is 5.74. The summed E-state index contributed by atoms with van der Waals surface area (Å²) in [4.78, 5) is 41.7. The number of piperazine rings is 1. The SMILES string of the molecule is Cc1c(C(=O)O)sc2ccc(S(=O)N(CCc3ccccc3[N+](=O)[O-])c3ccccc3N3CCN(C(=O)c4sccc4Br)CC3)cc12. The maximum absolute atomic E-state index is 14.5. The number of amides is 1. The Bertz CT molecular complexity index is 2020. The van der Waals surface area contributed by atoms with Crippen LogP contribution in [0.15, 0.2) is 87.5 Å². The van der Waals surface area contributed by atoms with E-state index in [4.69, 9.17) is 0 Å². The third kappa shape index (κ3) is 6.68. The van der Waals surface area contributed by atoms with Crippen molar-refractivity contribution >= 4 is 88.6 Å². The second kappa shape index (κ2) is 13.9. The fourth-order valence-corrected chi connectivity index (χ4v) is 9.52. The van der Waals surface area contributed by atoms with Crippen LogP contribution >= 0.6 is 38.6 Å². The molecule has 1 saturated heterocycles. The summed E-state index contributed by atoms with van der Waals surface area (Å²) in [6.07, 6.45) is 0.262. The Balaban J connectivity index is 1.33. The van der Waals surface area contributed by atoms with Crippen LogP contribution in [0.1, 0.15) is 30.5 Å². The molecular formula is C33H29BrN4O6S3. The van der Waals surface area contributed by atoms with Gasteiger partial charge in [0.15, 0.2) is 11.0 Å². The van der Waals surface area contributed by atoms with E-state index in [1.165, 1.54) is 28.7 Å². The van der Waals surface area contributed by atoms with Gasteiger partial charge in [-0.05, 0) is 82.0 Å². The number of aryl methyl sites for hydroxylation is 1. The van der Waals surface area contributed by atoms with Gasteiger partial charge < -0.3 is 14.9 Å². The van der Waals surface area contributed by atoms with Crippen molar-refractivity contribution in [2.24, 2.45) is 0 Å². The van der Waals surface area contributed by atoms with Crippen LogP contribution in [0.2, 0.25) is 0 Å². The summed E-state index contributed by atoms with van der Waals surface area (Å²) >= 11 is 6.05. The lowest BCUT2D eigenvalue weighted by Gasteiger charge is -2.38. The fraction of sp³-hybridized carbons (Fsp3) is 0.212. The number of carboxylic acid groups (broad SMARTS) is 1. The van der Waals surface area contributed by atoms with E-state index in [-0.39, 0.29) is 29.4 Å². The van der Waals surface area contributed by atoms with Crippen molar-refractivity contribution in [3.05, 3.63) is 114 Å². The van der Waals surface area contributed by atoms with Crippen molar-refractivity contribution < 1.29 is 23.8 Å². The van der Waals surface area contributed by atoms with Crippen LogP contribution in [0.5, 0.6) is 0 Å². The minimum absolute atomic E-state index is 0.00111. The van der Waals surface area contributed by atoms with Gasteiger partial charge in [-0.3, -0.25) is 19.2 Å². The van der Waals surface area contributed by atoms with Crippen LogP contribution in [0.3, 0.4) is 0 Å². The molecule has 2 aromatic heterocycles. The Morgan fingerprint density at radius 3 is 2.45 bits per heavy atom. The third-order valence-corrected chi connectivity index (χ3v) is 12.7. The van der Waals surface area contributed by atoms with Gasteiger partial charge >= 0.3 is 5.97 Å². The summed E-state index contributed by atoms with van der Waals surface area (Å²) in [5.41, 5.74) is 2.68. The van der Waals surface area contributed by atoms with Crippen LogP contribution in [0.25, 0.3) is 10.1 Å². The number of anilines is 2. The molecule has 3 aromatic carbocycles. The number of thiophene rings is 2. The van der Waals surface area contributed by atoms with Gasteiger partial charge in [-0.1, -0.05) is 30.3 Å². The molecular weight excluding hydrogens is 724 g/mol. The molecule has 3 heterocycles. The van der Waals surface area contributed by atoms with Crippen molar-refractivity contribution in [2.75, 3.05) is 41.9 Å². The first-order valence-corrected chi connectivity index (χ1v) is 18.3. The lowest BCUT2D eigenvalue weighted by atomic mass is 10.1. The molecule has 1 fully saturated rings. The monoisotopic (exact) mass is 752 g/mol. The van der Waals surface area contributed by atoms with Crippen LogP contribution in [0, 0.1) is 17.0 Å². The number of carbonyl (C=O) groups is 2. The predicted octanol–water partition coefficient (Wildman–Crippen LogP) is 7.37. The van der Waals surface area contributed by atoms with Crippen molar-refractivity contribution in [1.29, 1.82) is 0 Å². The standard InChI is InChI=1S/C33H29BrN4O6S3/c1-21-24-20-23(10-11-29(24)46-30(21)33(40)41)47(44)37(14-12-22-6-2-3-7-26(22)38(42)43)28-9-5-4-8-27(28)35-15-17-36(18-16-35)32(39)31-25(34)13-19-45-31/h2-11,13,19-20H,12,14-18H2,1H3,(H,40,41). The molecule has 0 radical (unpaired) electrons. The minimum atomic E-state index is -1.76. The highest BCUT2D eigenvalue weighted by Gasteiger charge is 2.28. The van der Waals surface area contributed by atoms with E-state index in [1.54, 1.807) is 47.6 Å². The summed E-state index contributed by atoms with van der Waals surface area (Å²) < 4.78 is 17.9. The van der Waals surface area contributed by atoms with E-state index in [0.717, 1.165) is 20.2 Å². The number of benzene rings is 3. The number of hydrogen-bond acceptors (Lipinski definition) is 8. The molecule has 0 bridgehead atoms. The van der Waals surface area contributed by atoms with E-state index >= 15 is 0 Å². The average Bonchev–Trinajstić information content (AvgIpc) is 3.67. The number of nitro benzene ring substituents is 1. The Hall–Kier alpha value is -4.11. The third-order valence-electron chi connectivity index (χ3n) is 8.15. The molecule has 1 unspecified atom stereocenters. The van der Waals surface area contributed by atoms with Gasteiger partial charge in [0.1, 0.15) is 9.75 Å². The maximum Gasteiger partial charge on any atom is 0.346 e. The molecule has 0 aliphatic carbocycles. The van der Waals surface area contributed by atoms with E-state index in [0.29, 0.717) is 52.8 Å². The molecule has 5 aromatic rings. The van der Waals surface area contributed by atoms with Crippen molar-refractivity contribution in [1.82, 2.24) is 4.90 Å². The maximum atomic E-state index is 14.5. The van der Waals surface area contributed by atoms with Crippen molar-refractivity contribution in [3.8, 4) is 0 Å². The highest BCUT2D eigenvalue weighted by Crippen LogP contribution is 2.36. The van der Waals surface area contributed by atoms with E-state index in [1.807, 2.05) is 40.6 Å². The van der Waals surface area contributed by atoms with E-state index in [9.17, 15) is 29.0 Å². The van der Waals surface area contributed by atoms with Gasteiger partial charge in [0, 0.05) is 53.5 Å². The summed E-state index contributed by atoms with van der Waals surface area (Å²) in [6.45, 7) is 4.11. The lowest BCUT2D eigenvalue weighted by molar-refractivity contribution is -0.385. The van der Waals surface area contributed by atoms with Crippen LogP contribution in [-0.4, -0.2) is 63.7 Å². The first-order chi connectivity index (χ1) is 22.6. The Kier molecular flexibility index (Phi) is 9.73. The normalized spacial score (nSPS) is 13.9. The second-order valence-electron chi connectivity index (χ2n) is 10.9. The number of para-hydroxylation sites is 3. The van der Waals surface area contributed by atoms with Crippen LogP contribution in [-0.2, 0) is 17.4 Å². The number of halogens is 1. The topological polar surface area (TPSA) is 124 Å². The van der Waals surface area contributed by atoms with Gasteiger partial charge in [0.25, 0.3) is 11.6 Å².